The quantitative estimate of drug-likeness (QED) is 0.630. The molecule has 0 aliphatic rings. The van der Waals surface area contributed by atoms with Crippen LogP contribution in [-0.4, -0.2) is 20.3 Å². The van der Waals surface area contributed by atoms with Crippen LogP contribution in [0.5, 0.6) is 5.75 Å². The van der Waals surface area contributed by atoms with Crippen LogP contribution in [0.2, 0.25) is 0 Å². The molecule has 0 bridgehead atoms. The summed E-state index contributed by atoms with van der Waals surface area (Å²) in [5.74, 6) is 0.859. The van der Waals surface area contributed by atoms with Gasteiger partial charge in [0.25, 0.3) is 0 Å². The van der Waals surface area contributed by atoms with Gasteiger partial charge >= 0.3 is 0 Å². The highest BCUT2D eigenvalue weighted by Crippen LogP contribution is 2.26. The number of hydrogen-bond donors (Lipinski definition) is 1. The molecule has 0 aromatic heterocycles. The molecule has 0 spiro atoms. The zero-order chi connectivity index (χ0) is 17.3. The minimum absolute atomic E-state index is 0.0886. The third kappa shape index (κ3) is 5.14. The summed E-state index contributed by atoms with van der Waals surface area (Å²) in [5.41, 5.74) is 2.17. The minimum Gasteiger partial charge on any atom is -0.497 e. The van der Waals surface area contributed by atoms with Crippen molar-refractivity contribution in [1.82, 2.24) is 0 Å². The molecule has 0 fully saturated rings. The Hall–Kier alpha value is -2.26. The summed E-state index contributed by atoms with van der Waals surface area (Å²) in [4.78, 5) is 0. The van der Waals surface area contributed by atoms with Crippen LogP contribution in [0.1, 0.15) is 18.9 Å². The number of benzene rings is 2. The van der Waals surface area contributed by atoms with E-state index >= 15 is 0 Å². The molecular weight excluding hydrogens is 298 g/mol. The minimum atomic E-state index is -0.0886. The smallest absolute Gasteiger partial charge is 0.119 e. The van der Waals surface area contributed by atoms with Crippen molar-refractivity contribution in [3.63, 3.8) is 0 Å². The van der Waals surface area contributed by atoms with Gasteiger partial charge in [0.1, 0.15) is 5.75 Å². The molecular formula is C21H27NO2. The van der Waals surface area contributed by atoms with Crippen molar-refractivity contribution in [3.8, 4) is 5.75 Å². The van der Waals surface area contributed by atoms with Crippen molar-refractivity contribution in [2.45, 2.75) is 20.0 Å². The third-order valence-corrected chi connectivity index (χ3v) is 4.37. The monoisotopic (exact) mass is 325 g/mol. The maximum atomic E-state index is 5.96. The summed E-state index contributed by atoms with van der Waals surface area (Å²) >= 11 is 0. The fourth-order valence-corrected chi connectivity index (χ4v) is 2.49. The first-order chi connectivity index (χ1) is 11.7. The second-order valence-corrected chi connectivity index (χ2v) is 5.98. The largest absolute Gasteiger partial charge is 0.497 e. The summed E-state index contributed by atoms with van der Waals surface area (Å²) in [6.07, 6.45) is 2.98. The van der Waals surface area contributed by atoms with Gasteiger partial charge in [0.2, 0.25) is 0 Å². The molecule has 2 aromatic carbocycles. The molecule has 3 nitrogen and oxygen atoms in total. The molecule has 2 rings (SSSR count). The molecule has 0 heterocycles. The average molecular weight is 325 g/mol. The molecule has 128 valence electrons. The molecule has 0 aliphatic carbocycles. The van der Waals surface area contributed by atoms with E-state index in [1.165, 1.54) is 5.56 Å². The van der Waals surface area contributed by atoms with Crippen molar-refractivity contribution in [2.75, 3.05) is 25.6 Å². The Morgan fingerprint density at radius 1 is 1.08 bits per heavy atom. The lowest BCUT2D eigenvalue weighted by Crippen LogP contribution is -2.32. The topological polar surface area (TPSA) is 30.5 Å². The van der Waals surface area contributed by atoms with E-state index in [9.17, 15) is 0 Å². The third-order valence-electron chi connectivity index (χ3n) is 4.37. The number of ether oxygens (including phenoxy) is 2. The maximum absolute atomic E-state index is 5.96. The van der Waals surface area contributed by atoms with E-state index in [0.29, 0.717) is 13.2 Å². The normalized spacial score (nSPS) is 13.1. The van der Waals surface area contributed by atoms with E-state index in [4.69, 9.17) is 9.47 Å². The molecule has 0 radical (unpaired) electrons. The van der Waals surface area contributed by atoms with Gasteiger partial charge in [-0.2, -0.15) is 0 Å². The summed E-state index contributed by atoms with van der Waals surface area (Å²) in [6, 6.07) is 18.2. The van der Waals surface area contributed by atoms with Crippen LogP contribution in [0, 0.1) is 5.41 Å². The summed E-state index contributed by atoms with van der Waals surface area (Å²) < 4.78 is 11.1. The average Bonchev–Trinajstić information content (AvgIpc) is 2.66. The summed E-state index contributed by atoms with van der Waals surface area (Å²) in [5, 5.41) is 3.48. The van der Waals surface area contributed by atoms with Crippen LogP contribution in [-0.2, 0) is 11.3 Å². The van der Waals surface area contributed by atoms with Gasteiger partial charge in [-0.25, -0.2) is 0 Å². The van der Waals surface area contributed by atoms with Gasteiger partial charge in [-0.05, 0) is 36.2 Å². The van der Waals surface area contributed by atoms with E-state index in [-0.39, 0.29) is 5.41 Å². The van der Waals surface area contributed by atoms with E-state index in [1.807, 2.05) is 48.5 Å². The van der Waals surface area contributed by atoms with Crippen LogP contribution in [0.3, 0.4) is 0 Å². The first-order valence-electron chi connectivity index (χ1n) is 8.34. The Bertz CT molecular complexity index is 609. The van der Waals surface area contributed by atoms with Gasteiger partial charge in [0, 0.05) is 17.6 Å². The van der Waals surface area contributed by atoms with Crippen LogP contribution in [0.4, 0.5) is 5.69 Å². The molecule has 0 saturated carbocycles. The Morgan fingerprint density at radius 3 is 2.38 bits per heavy atom. The second-order valence-electron chi connectivity index (χ2n) is 5.98. The van der Waals surface area contributed by atoms with E-state index in [1.54, 1.807) is 7.11 Å². The van der Waals surface area contributed by atoms with Crippen molar-refractivity contribution in [2.24, 2.45) is 5.41 Å². The van der Waals surface area contributed by atoms with Crippen molar-refractivity contribution < 1.29 is 9.47 Å². The van der Waals surface area contributed by atoms with Gasteiger partial charge in [0.15, 0.2) is 0 Å². The predicted octanol–water partition coefficient (Wildman–Crippen LogP) is 4.91. The Kier molecular flexibility index (Phi) is 6.89. The SMILES string of the molecule is C=CC(CC)(CNc1ccc(OC)cc1)COCc1ccccc1. The zero-order valence-electron chi connectivity index (χ0n) is 14.6. The van der Waals surface area contributed by atoms with Gasteiger partial charge < -0.3 is 14.8 Å². The first-order valence-corrected chi connectivity index (χ1v) is 8.34. The van der Waals surface area contributed by atoms with Crippen LogP contribution >= 0.6 is 0 Å². The van der Waals surface area contributed by atoms with Crippen LogP contribution < -0.4 is 10.1 Å². The number of anilines is 1. The highest BCUT2D eigenvalue weighted by atomic mass is 16.5. The van der Waals surface area contributed by atoms with Gasteiger partial charge in [-0.1, -0.05) is 43.3 Å². The van der Waals surface area contributed by atoms with Crippen molar-refractivity contribution in [3.05, 3.63) is 72.8 Å². The van der Waals surface area contributed by atoms with E-state index in [2.05, 4.69) is 31.0 Å². The lowest BCUT2D eigenvalue weighted by molar-refractivity contribution is 0.0602. The molecule has 24 heavy (non-hydrogen) atoms. The fourth-order valence-electron chi connectivity index (χ4n) is 2.49. The first kappa shape index (κ1) is 18.1. The number of rotatable bonds is 10. The lowest BCUT2D eigenvalue weighted by atomic mass is 9.86. The molecule has 0 saturated heterocycles. The van der Waals surface area contributed by atoms with Crippen LogP contribution in [0.15, 0.2) is 67.3 Å². The number of hydrogen-bond acceptors (Lipinski definition) is 3. The molecule has 0 aliphatic heterocycles. The summed E-state index contributed by atoms with van der Waals surface area (Å²) in [6.45, 7) is 8.25. The molecule has 1 unspecified atom stereocenters. The Labute approximate surface area is 145 Å². The Balaban J connectivity index is 1.89. The Morgan fingerprint density at radius 2 is 1.79 bits per heavy atom. The van der Waals surface area contributed by atoms with Crippen molar-refractivity contribution in [1.29, 1.82) is 0 Å². The zero-order valence-corrected chi connectivity index (χ0v) is 14.6. The standard InChI is InChI=1S/C21H27NO2/c1-4-21(5-2,17-24-15-18-9-7-6-8-10-18)16-22-19-11-13-20(23-3)14-12-19/h4,6-14,22H,1,5,15-17H2,2-3H3. The fraction of sp³-hybridized carbons (Fsp3) is 0.333. The van der Waals surface area contributed by atoms with E-state index in [0.717, 1.165) is 24.4 Å². The van der Waals surface area contributed by atoms with Gasteiger partial charge in [-0.15, -0.1) is 6.58 Å². The highest BCUT2D eigenvalue weighted by Gasteiger charge is 2.24. The number of nitrogens with one attached hydrogen (secondary N) is 1. The molecule has 0 amide bonds. The lowest BCUT2D eigenvalue weighted by Gasteiger charge is -2.30. The number of methoxy groups -OCH3 is 1. The van der Waals surface area contributed by atoms with Gasteiger partial charge in [0.05, 0.1) is 20.3 Å². The second kappa shape index (κ2) is 9.14. The molecule has 1 N–H and O–H groups in total. The molecule has 3 heteroatoms. The molecule has 1 atom stereocenters. The van der Waals surface area contributed by atoms with Crippen LogP contribution in [0.25, 0.3) is 0 Å². The van der Waals surface area contributed by atoms with Crippen molar-refractivity contribution >= 4 is 5.69 Å². The van der Waals surface area contributed by atoms with Gasteiger partial charge in [-0.3, -0.25) is 0 Å². The maximum Gasteiger partial charge on any atom is 0.119 e. The summed E-state index contributed by atoms with van der Waals surface area (Å²) in [7, 11) is 1.67. The molecule has 2 aromatic rings. The highest BCUT2D eigenvalue weighted by molar-refractivity contribution is 5.46. The predicted molar refractivity (Wildman–Crippen MR) is 101 cm³/mol. The van der Waals surface area contributed by atoms with E-state index < -0.39 is 0 Å².